The minimum absolute atomic E-state index is 0.153. The van der Waals surface area contributed by atoms with Gasteiger partial charge in [-0.3, -0.25) is 14.9 Å². The molecule has 0 atom stereocenters. The molecule has 0 spiro atoms. The number of amides is 1. The Balaban J connectivity index is 2.04. The molecule has 0 bridgehead atoms. The number of benzene rings is 2. The first-order chi connectivity index (χ1) is 11.8. The van der Waals surface area contributed by atoms with Crippen molar-refractivity contribution in [3.8, 4) is 0 Å². The first kappa shape index (κ1) is 18.0. The SMILES string of the molecule is Cc1cccc(C(=O)OCC(=O)Nc2cc(F)cc(F)c2)c1[N+](=O)[O-]. The standard InChI is InChI=1S/C16H12F2N2O5/c1-9-3-2-4-13(15(9)20(23)24)16(22)25-8-14(21)19-12-6-10(17)5-11(18)7-12/h2-7H,8H2,1H3,(H,19,21). The van der Waals surface area contributed by atoms with Crippen LogP contribution in [0.15, 0.2) is 36.4 Å². The predicted molar refractivity (Wildman–Crippen MR) is 83.1 cm³/mol. The van der Waals surface area contributed by atoms with Crippen molar-refractivity contribution in [1.29, 1.82) is 0 Å². The van der Waals surface area contributed by atoms with Crippen LogP contribution in [0.4, 0.5) is 20.2 Å². The van der Waals surface area contributed by atoms with Crippen molar-refractivity contribution >= 4 is 23.3 Å². The Kier molecular flexibility index (Phi) is 5.38. The van der Waals surface area contributed by atoms with Crippen LogP contribution in [0, 0.1) is 28.7 Å². The second kappa shape index (κ2) is 7.47. The minimum Gasteiger partial charge on any atom is -0.452 e. The van der Waals surface area contributed by atoms with Gasteiger partial charge in [-0.15, -0.1) is 0 Å². The Hall–Kier alpha value is -3.36. The van der Waals surface area contributed by atoms with Crippen molar-refractivity contribution in [2.24, 2.45) is 0 Å². The molecule has 2 rings (SSSR count). The summed E-state index contributed by atoms with van der Waals surface area (Å²) in [5.74, 6) is -3.69. The summed E-state index contributed by atoms with van der Waals surface area (Å²) in [6, 6.07) is 6.50. The molecule has 0 radical (unpaired) electrons. The summed E-state index contributed by atoms with van der Waals surface area (Å²) in [4.78, 5) is 34.0. The summed E-state index contributed by atoms with van der Waals surface area (Å²) >= 11 is 0. The number of aryl methyl sites for hydroxylation is 1. The summed E-state index contributed by atoms with van der Waals surface area (Å²) in [5.41, 5.74) is -0.603. The highest BCUT2D eigenvalue weighted by Gasteiger charge is 2.24. The third kappa shape index (κ3) is 4.56. The number of hydrogen-bond donors (Lipinski definition) is 1. The lowest BCUT2D eigenvalue weighted by Gasteiger charge is -2.08. The van der Waals surface area contributed by atoms with Crippen LogP contribution in [0.3, 0.4) is 0 Å². The Morgan fingerprint density at radius 1 is 1.20 bits per heavy atom. The zero-order valence-corrected chi connectivity index (χ0v) is 12.9. The molecule has 2 aromatic rings. The molecule has 9 heteroatoms. The minimum atomic E-state index is -1.06. The monoisotopic (exact) mass is 350 g/mol. The number of nitrogens with one attached hydrogen (secondary N) is 1. The van der Waals surface area contributed by atoms with Gasteiger partial charge in [-0.1, -0.05) is 12.1 Å². The van der Waals surface area contributed by atoms with E-state index in [-0.39, 0.29) is 16.8 Å². The third-order valence-corrected chi connectivity index (χ3v) is 3.12. The van der Waals surface area contributed by atoms with Crippen molar-refractivity contribution in [2.45, 2.75) is 6.92 Å². The van der Waals surface area contributed by atoms with Gasteiger partial charge in [0.2, 0.25) is 0 Å². The number of halogens is 2. The highest BCUT2D eigenvalue weighted by molar-refractivity contribution is 5.97. The van der Waals surface area contributed by atoms with Crippen LogP contribution >= 0.6 is 0 Å². The number of para-hydroxylation sites is 1. The molecule has 1 amide bonds. The van der Waals surface area contributed by atoms with Gasteiger partial charge in [0.15, 0.2) is 6.61 Å². The molecule has 0 aliphatic carbocycles. The topological polar surface area (TPSA) is 98.5 Å². The maximum absolute atomic E-state index is 13.0. The highest BCUT2D eigenvalue weighted by atomic mass is 19.1. The van der Waals surface area contributed by atoms with E-state index < -0.39 is 40.7 Å². The van der Waals surface area contributed by atoms with E-state index in [1.807, 2.05) is 0 Å². The second-order valence-electron chi connectivity index (χ2n) is 5.01. The van der Waals surface area contributed by atoms with Gasteiger partial charge in [0.1, 0.15) is 17.2 Å². The van der Waals surface area contributed by atoms with Gasteiger partial charge in [0, 0.05) is 17.3 Å². The zero-order chi connectivity index (χ0) is 18.6. The molecule has 2 aromatic carbocycles. The summed E-state index contributed by atoms with van der Waals surface area (Å²) in [5, 5.41) is 13.2. The average molecular weight is 350 g/mol. The molecule has 0 aliphatic heterocycles. The van der Waals surface area contributed by atoms with E-state index in [2.05, 4.69) is 5.32 Å². The quantitative estimate of drug-likeness (QED) is 0.508. The lowest BCUT2D eigenvalue weighted by Crippen LogP contribution is -2.21. The number of rotatable bonds is 5. The Bertz CT molecular complexity index is 834. The van der Waals surface area contributed by atoms with Crippen molar-refractivity contribution in [2.75, 3.05) is 11.9 Å². The zero-order valence-electron chi connectivity index (χ0n) is 12.9. The van der Waals surface area contributed by atoms with Crippen LogP contribution in [-0.2, 0) is 9.53 Å². The Morgan fingerprint density at radius 3 is 2.44 bits per heavy atom. The molecule has 1 N–H and O–H groups in total. The number of carbonyl (C=O) groups is 2. The summed E-state index contributed by atoms with van der Waals surface area (Å²) in [7, 11) is 0. The van der Waals surface area contributed by atoms with Crippen LogP contribution in [0.25, 0.3) is 0 Å². The summed E-state index contributed by atoms with van der Waals surface area (Å²) < 4.78 is 30.8. The number of nitro benzene ring substituents is 1. The molecule has 130 valence electrons. The van der Waals surface area contributed by atoms with Crippen molar-refractivity contribution in [3.05, 3.63) is 69.3 Å². The molecular weight excluding hydrogens is 338 g/mol. The average Bonchev–Trinajstić information content (AvgIpc) is 2.50. The van der Waals surface area contributed by atoms with Crippen LogP contribution < -0.4 is 5.32 Å². The van der Waals surface area contributed by atoms with E-state index in [0.29, 0.717) is 6.07 Å². The summed E-state index contributed by atoms with van der Waals surface area (Å²) in [6.45, 7) is 0.683. The molecule has 0 fully saturated rings. The van der Waals surface area contributed by atoms with E-state index >= 15 is 0 Å². The van der Waals surface area contributed by atoms with E-state index in [1.54, 1.807) is 0 Å². The molecule has 0 aromatic heterocycles. The fourth-order valence-corrected chi connectivity index (χ4v) is 2.10. The molecule has 0 saturated carbocycles. The fourth-order valence-electron chi connectivity index (χ4n) is 2.10. The number of nitro groups is 1. The van der Waals surface area contributed by atoms with E-state index in [0.717, 1.165) is 12.1 Å². The third-order valence-electron chi connectivity index (χ3n) is 3.12. The Labute approximate surface area is 140 Å². The molecule has 25 heavy (non-hydrogen) atoms. The first-order valence-corrected chi connectivity index (χ1v) is 6.95. The maximum atomic E-state index is 13.0. The number of hydrogen-bond acceptors (Lipinski definition) is 5. The molecule has 0 saturated heterocycles. The maximum Gasteiger partial charge on any atom is 0.345 e. The molecule has 7 nitrogen and oxygen atoms in total. The number of nitrogens with zero attached hydrogens (tertiary/aromatic N) is 1. The summed E-state index contributed by atoms with van der Waals surface area (Å²) in [6.07, 6.45) is 0. The molecular formula is C16H12F2N2O5. The lowest BCUT2D eigenvalue weighted by atomic mass is 10.1. The van der Waals surface area contributed by atoms with E-state index in [4.69, 9.17) is 4.74 Å². The van der Waals surface area contributed by atoms with Crippen molar-refractivity contribution in [1.82, 2.24) is 0 Å². The lowest BCUT2D eigenvalue weighted by molar-refractivity contribution is -0.385. The van der Waals surface area contributed by atoms with Crippen molar-refractivity contribution < 1.29 is 28.0 Å². The smallest absolute Gasteiger partial charge is 0.345 e. The Morgan fingerprint density at radius 2 is 1.84 bits per heavy atom. The van der Waals surface area contributed by atoms with Crippen molar-refractivity contribution in [3.63, 3.8) is 0 Å². The molecule has 0 unspecified atom stereocenters. The second-order valence-corrected chi connectivity index (χ2v) is 5.01. The van der Waals surface area contributed by atoms with E-state index in [9.17, 15) is 28.5 Å². The van der Waals surface area contributed by atoms with Gasteiger partial charge < -0.3 is 10.1 Å². The number of esters is 1. The fraction of sp³-hybridized carbons (Fsp3) is 0.125. The van der Waals surface area contributed by atoms with Crippen LogP contribution in [-0.4, -0.2) is 23.4 Å². The number of ether oxygens (including phenoxy) is 1. The van der Waals surface area contributed by atoms with Gasteiger partial charge in [-0.2, -0.15) is 0 Å². The molecule has 0 aliphatic rings. The number of carbonyl (C=O) groups excluding carboxylic acids is 2. The van der Waals surface area contributed by atoms with Gasteiger partial charge >= 0.3 is 5.97 Å². The van der Waals surface area contributed by atoms with Crippen LogP contribution in [0.2, 0.25) is 0 Å². The van der Waals surface area contributed by atoms with Crippen LogP contribution in [0.5, 0.6) is 0 Å². The first-order valence-electron chi connectivity index (χ1n) is 6.95. The highest BCUT2D eigenvalue weighted by Crippen LogP contribution is 2.23. The van der Waals surface area contributed by atoms with Gasteiger partial charge in [0.05, 0.1) is 4.92 Å². The van der Waals surface area contributed by atoms with Gasteiger partial charge in [0.25, 0.3) is 11.6 Å². The van der Waals surface area contributed by atoms with Gasteiger partial charge in [-0.25, -0.2) is 13.6 Å². The van der Waals surface area contributed by atoms with Gasteiger partial charge in [-0.05, 0) is 25.1 Å². The molecule has 0 heterocycles. The largest absolute Gasteiger partial charge is 0.452 e. The predicted octanol–water partition coefficient (Wildman–Crippen LogP) is 2.98. The normalized spacial score (nSPS) is 10.2. The van der Waals surface area contributed by atoms with E-state index in [1.165, 1.54) is 25.1 Å². The van der Waals surface area contributed by atoms with Crippen LogP contribution in [0.1, 0.15) is 15.9 Å². The number of anilines is 1.